The molecule has 1 rings (SSSR count). The predicted molar refractivity (Wildman–Crippen MR) is 57.1 cm³/mol. The number of hydrogen-bond acceptors (Lipinski definition) is 3. The molecule has 0 aliphatic heterocycles. The topological polar surface area (TPSA) is 67.6 Å². The van der Waals surface area contributed by atoms with Crippen LogP contribution in [-0.2, 0) is 6.42 Å². The van der Waals surface area contributed by atoms with Gasteiger partial charge in [-0.2, -0.15) is 5.10 Å². The van der Waals surface area contributed by atoms with Crippen molar-refractivity contribution in [2.75, 3.05) is 6.54 Å². The molecule has 1 aromatic rings. The number of nitrogens with two attached hydrogens (primary N) is 1. The standard InChI is InChI=1S/C10H20N4/c1-3-5-8(7-11)10-12-9(6-4-2)13-14-10/h8H,3-7,11H2,1-2H3,(H,12,13,14). The van der Waals surface area contributed by atoms with Crippen molar-refractivity contribution in [3.05, 3.63) is 11.6 Å². The predicted octanol–water partition coefficient (Wildman–Crippen LogP) is 1.60. The SMILES string of the molecule is CCCc1nc(C(CN)CCC)n[nH]1. The lowest BCUT2D eigenvalue weighted by atomic mass is 10.0. The van der Waals surface area contributed by atoms with Crippen LogP contribution >= 0.6 is 0 Å². The molecule has 0 amide bonds. The second kappa shape index (κ2) is 5.75. The molecule has 0 saturated heterocycles. The minimum atomic E-state index is 0.321. The lowest BCUT2D eigenvalue weighted by molar-refractivity contribution is 0.590. The summed E-state index contributed by atoms with van der Waals surface area (Å²) in [6, 6.07) is 0. The van der Waals surface area contributed by atoms with Gasteiger partial charge in [0, 0.05) is 18.9 Å². The molecule has 0 fully saturated rings. The van der Waals surface area contributed by atoms with Gasteiger partial charge in [0.2, 0.25) is 0 Å². The van der Waals surface area contributed by atoms with Crippen molar-refractivity contribution in [1.29, 1.82) is 0 Å². The fraction of sp³-hybridized carbons (Fsp3) is 0.800. The Morgan fingerprint density at radius 1 is 1.36 bits per heavy atom. The van der Waals surface area contributed by atoms with Gasteiger partial charge in [-0.15, -0.1) is 0 Å². The van der Waals surface area contributed by atoms with E-state index in [1.54, 1.807) is 0 Å². The first-order chi connectivity index (χ1) is 6.81. The van der Waals surface area contributed by atoms with E-state index in [9.17, 15) is 0 Å². The summed E-state index contributed by atoms with van der Waals surface area (Å²) in [6.45, 7) is 4.92. The smallest absolute Gasteiger partial charge is 0.155 e. The molecule has 1 heterocycles. The first kappa shape index (κ1) is 11.2. The second-order valence-electron chi connectivity index (χ2n) is 3.61. The minimum Gasteiger partial charge on any atom is -0.330 e. The molecule has 80 valence electrons. The van der Waals surface area contributed by atoms with Crippen molar-refractivity contribution in [1.82, 2.24) is 15.2 Å². The number of aromatic amines is 1. The molecular weight excluding hydrogens is 176 g/mol. The van der Waals surface area contributed by atoms with E-state index < -0.39 is 0 Å². The molecule has 0 aliphatic carbocycles. The molecule has 3 N–H and O–H groups in total. The van der Waals surface area contributed by atoms with E-state index in [-0.39, 0.29) is 0 Å². The van der Waals surface area contributed by atoms with Crippen molar-refractivity contribution >= 4 is 0 Å². The van der Waals surface area contributed by atoms with Crippen LogP contribution in [0.2, 0.25) is 0 Å². The van der Waals surface area contributed by atoms with E-state index in [2.05, 4.69) is 29.0 Å². The Hall–Kier alpha value is -0.900. The Morgan fingerprint density at radius 3 is 2.71 bits per heavy atom. The van der Waals surface area contributed by atoms with E-state index in [1.807, 2.05) is 0 Å². The quantitative estimate of drug-likeness (QED) is 0.726. The summed E-state index contributed by atoms with van der Waals surface area (Å²) in [5, 5.41) is 7.17. The molecule has 0 radical (unpaired) electrons. The maximum absolute atomic E-state index is 5.68. The zero-order valence-corrected chi connectivity index (χ0v) is 9.08. The fourth-order valence-corrected chi connectivity index (χ4v) is 1.54. The number of rotatable bonds is 6. The highest BCUT2D eigenvalue weighted by Gasteiger charge is 2.13. The van der Waals surface area contributed by atoms with Gasteiger partial charge in [-0.05, 0) is 12.8 Å². The largest absolute Gasteiger partial charge is 0.330 e. The van der Waals surface area contributed by atoms with Crippen molar-refractivity contribution < 1.29 is 0 Å². The summed E-state index contributed by atoms with van der Waals surface area (Å²) in [5.74, 6) is 2.19. The van der Waals surface area contributed by atoms with Gasteiger partial charge in [0.25, 0.3) is 0 Å². The number of nitrogens with one attached hydrogen (secondary N) is 1. The number of aromatic nitrogens is 3. The van der Waals surface area contributed by atoms with Crippen molar-refractivity contribution in [2.24, 2.45) is 5.73 Å². The monoisotopic (exact) mass is 196 g/mol. The van der Waals surface area contributed by atoms with Gasteiger partial charge >= 0.3 is 0 Å². The number of aryl methyl sites for hydroxylation is 1. The Balaban J connectivity index is 2.63. The van der Waals surface area contributed by atoms with Crippen LogP contribution in [-0.4, -0.2) is 21.7 Å². The highest BCUT2D eigenvalue weighted by atomic mass is 15.2. The molecule has 1 aromatic heterocycles. The Morgan fingerprint density at radius 2 is 2.14 bits per heavy atom. The third-order valence-electron chi connectivity index (χ3n) is 2.32. The molecule has 4 heteroatoms. The van der Waals surface area contributed by atoms with E-state index in [1.165, 1.54) is 0 Å². The maximum atomic E-state index is 5.68. The van der Waals surface area contributed by atoms with Gasteiger partial charge < -0.3 is 5.73 Å². The fourth-order valence-electron chi connectivity index (χ4n) is 1.54. The lowest BCUT2D eigenvalue weighted by Gasteiger charge is -2.07. The average molecular weight is 196 g/mol. The Labute approximate surface area is 85.3 Å². The molecule has 0 saturated carbocycles. The van der Waals surface area contributed by atoms with Gasteiger partial charge in [0.15, 0.2) is 5.82 Å². The number of H-pyrrole nitrogens is 1. The maximum Gasteiger partial charge on any atom is 0.155 e. The Bertz CT molecular complexity index is 256. The van der Waals surface area contributed by atoms with Crippen LogP contribution in [0.4, 0.5) is 0 Å². The summed E-state index contributed by atoms with van der Waals surface area (Å²) in [4.78, 5) is 4.44. The Kier molecular flexibility index (Phi) is 4.59. The molecule has 0 aliphatic rings. The van der Waals surface area contributed by atoms with Crippen LogP contribution in [0.5, 0.6) is 0 Å². The van der Waals surface area contributed by atoms with Crippen LogP contribution in [0.3, 0.4) is 0 Å². The molecule has 0 spiro atoms. The van der Waals surface area contributed by atoms with Crippen molar-refractivity contribution in [2.45, 2.75) is 45.4 Å². The van der Waals surface area contributed by atoms with Gasteiger partial charge in [-0.25, -0.2) is 4.98 Å². The lowest BCUT2D eigenvalue weighted by Crippen LogP contribution is -2.13. The van der Waals surface area contributed by atoms with Gasteiger partial charge in [-0.3, -0.25) is 5.10 Å². The number of nitrogens with zero attached hydrogens (tertiary/aromatic N) is 2. The second-order valence-corrected chi connectivity index (χ2v) is 3.61. The highest BCUT2D eigenvalue weighted by Crippen LogP contribution is 2.15. The first-order valence-electron chi connectivity index (χ1n) is 5.43. The van der Waals surface area contributed by atoms with E-state index in [0.29, 0.717) is 12.5 Å². The van der Waals surface area contributed by atoms with Crippen LogP contribution in [0.1, 0.15) is 50.7 Å². The molecule has 1 atom stereocenters. The minimum absolute atomic E-state index is 0.321. The van der Waals surface area contributed by atoms with Crippen molar-refractivity contribution in [3.8, 4) is 0 Å². The van der Waals surface area contributed by atoms with E-state index in [4.69, 9.17) is 5.73 Å². The van der Waals surface area contributed by atoms with Crippen LogP contribution in [0, 0.1) is 0 Å². The zero-order chi connectivity index (χ0) is 10.4. The summed E-state index contributed by atoms with van der Waals surface area (Å²) in [6.07, 6.45) is 4.26. The molecule has 14 heavy (non-hydrogen) atoms. The average Bonchev–Trinajstić information content (AvgIpc) is 2.63. The summed E-state index contributed by atoms with van der Waals surface area (Å²) < 4.78 is 0. The third-order valence-corrected chi connectivity index (χ3v) is 2.32. The molecule has 4 nitrogen and oxygen atoms in total. The van der Waals surface area contributed by atoms with Gasteiger partial charge in [-0.1, -0.05) is 20.3 Å². The summed E-state index contributed by atoms with van der Waals surface area (Å²) in [7, 11) is 0. The first-order valence-corrected chi connectivity index (χ1v) is 5.43. The number of hydrogen-bond donors (Lipinski definition) is 2. The third kappa shape index (κ3) is 2.80. The van der Waals surface area contributed by atoms with Crippen LogP contribution in [0.15, 0.2) is 0 Å². The molecule has 0 bridgehead atoms. The van der Waals surface area contributed by atoms with Crippen LogP contribution < -0.4 is 5.73 Å². The molecular formula is C10H20N4. The molecule has 1 unspecified atom stereocenters. The van der Waals surface area contributed by atoms with E-state index >= 15 is 0 Å². The normalized spacial score (nSPS) is 13.1. The summed E-state index contributed by atoms with van der Waals surface area (Å²) >= 11 is 0. The summed E-state index contributed by atoms with van der Waals surface area (Å²) in [5.41, 5.74) is 5.68. The van der Waals surface area contributed by atoms with E-state index in [0.717, 1.165) is 37.3 Å². The van der Waals surface area contributed by atoms with Gasteiger partial charge in [0.05, 0.1) is 0 Å². The van der Waals surface area contributed by atoms with Crippen LogP contribution in [0.25, 0.3) is 0 Å². The zero-order valence-electron chi connectivity index (χ0n) is 9.08. The van der Waals surface area contributed by atoms with Crippen molar-refractivity contribution in [3.63, 3.8) is 0 Å². The van der Waals surface area contributed by atoms with Gasteiger partial charge in [0.1, 0.15) is 5.82 Å². The molecule has 0 aromatic carbocycles. The highest BCUT2D eigenvalue weighted by molar-refractivity contribution is 4.98.